The van der Waals surface area contributed by atoms with Crippen molar-refractivity contribution in [1.29, 1.82) is 0 Å². The summed E-state index contributed by atoms with van der Waals surface area (Å²) in [4.78, 5) is 16.9. The van der Waals surface area contributed by atoms with Gasteiger partial charge in [0.05, 0.1) is 18.1 Å². The van der Waals surface area contributed by atoms with Gasteiger partial charge < -0.3 is 16.0 Å². The van der Waals surface area contributed by atoms with E-state index < -0.39 is 0 Å². The van der Waals surface area contributed by atoms with Crippen LogP contribution in [0.25, 0.3) is 5.65 Å². The van der Waals surface area contributed by atoms with Crippen molar-refractivity contribution in [2.24, 2.45) is 0 Å². The third-order valence-electron chi connectivity index (χ3n) is 3.76. The predicted molar refractivity (Wildman–Crippen MR) is 98.8 cm³/mol. The zero-order valence-corrected chi connectivity index (χ0v) is 13.9. The summed E-state index contributed by atoms with van der Waals surface area (Å²) in [6.45, 7) is 0. The first-order chi connectivity index (χ1) is 12.7. The number of hydrogen-bond donors (Lipinski definition) is 4. The van der Waals surface area contributed by atoms with E-state index in [4.69, 9.17) is 0 Å². The largest absolute Gasteiger partial charge is 0.372 e. The van der Waals surface area contributed by atoms with Gasteiger partial charge in [0.25, 0.3) is 5.91 Å². The molecule has 0 unspecified atom stereocenters. The maximum absolute atomic E-state index is 12.6. The Hall–Kier alpha value is -3.88. The van der Waals surface area contributed by atoms with E-state index in [-0.39, 0.29) is 5.91 Å². The molecule has 1 amide bonds. The van der Waals surface area contributed by atoms with Crippen LogP contribution >= 0.6 is 0 Å². The molecule has 1 aromatic carbocycles. The van der Waals surface area contributed by atoms with Crippen molar-refractivity contribution in [3.8, 4) is 0 Å². The lowest BCUT2D eigenvalue weighted by Crippen LogP contribution is -2.16. The van der Waals surface area contributed by atoms with Crippen molar-refractivity contribution in [2.45, 2.75) is 0 Å². The molecule has 0 aliphatic carbocycles. The van der Waals surface area contributed by atoms with Crippen LogP contribution < -0.4 is 16.0 Å². The van der Waals surface area contributed by atoms with Gasteiger partial charge in [-0.3, -0.25) is 9.89 Å². The number of aromatic amines is 1. The number of carbonyl (C=O) groups is 1. The van der Waals surface area contributed by atoms with Crippen LogP contribution in [0.4, 0.5) is 23.0 Å². The first kappa shape index (κ1) is 15.6. The van der Waals surface area contributed by atoms with Gasteiger partial charge in [-0.25, -0.2) is 9.50 Å². The van der Waals surface area contributed by atoms with Crippen LogP contribution in [0.15, 0.2) is 54.9 Å². The molecule has 4 aromatic rings. The fourth-order valence-corrected chi connectivity index (χ4v) is 2.53. The smallest absolute Gasteiger partial charge is 0.277 e. The van der Waals surface area contributed by atoms with Gasteiger partial charge in [0, 0.05) is 24.9 Å². The fraction of sp³-hybridized carbons (Fsp3) is 0.0588. The molecular formula is C17H16N8O. The van der Waals surface area contributed by atoms with E-state index in [2.05, 4.69) is 36.2 Å². The highest BCUT2D eigenvalue weighted by Gasteiger charge is 2.17. The monoisotopic (exact) mass is 348 g/mol. The molecule has 4 N–H and O–H groups in total. The molecule has 3 aromatic heterocycles. The minimum absolute atomic E-state index is 0.308. The zero-order valence-electron chi connectivity index (χ0n) is 13.9. The maximum Gasteiger partial charge on any atom is 0.277 e. The molecule has 130 valence electrons. The van der Waals surface area contributed by atoms with Gasteiger partial charge in [-0.2, -0.15) is 5.10 Å². The molecule has 0 saturated heterocycles. The van der Waals surface area contributed by atoms with E-state index in [0.717, 1.165) is 11.4 Å². The fourth-order valence-electron chi connectivity index (χ4n) is 2.53. The molecule has 9 nitrogen and oxygen atoms in total. The highest BCUT2D eigenvalue weighted by atomic mass is 16.2. The van der Waals surface area contributed by atoms with Crippen LogP contribution in [-0.2, 0) is 0 Å². The molecule has 0 spiro atoms. The highest BCUT2D eigenvalue weighted by molar-refractivity contribution is 6.03. The molecular weight excluding hydrogens is 332 g/mol. The van der Waals surface area contributed by atoms with Crippen molar-refractivity contribution in [1.82, 2.24) is 24.8 Å². The molecule has 3 heterocycles. The third-order valence-corrected chi connectivity index (χ3v) is 3.76. The Morgan fingerprint density at radius 1 is 1.19 bits per heavy atom. The van der Waals surface area contributed by atoms with Gasteiger partial charge in [-0.05, 0) is 12.1 Å². The molecule has 0 saturated carbocycles. The summed E-state index contributed by atoms with van der Waals surface area (Å²) in [6.07, 6.45) is 3.05. The van der Waals surface area contributed by atoms with E-state index >= 15 is 0 Å². The number of benzene rings is 1. The van der Waals surface area contributed by atoms with Gasteiger partial charge in [0.2, 0.25) is 0 Å². The Kier molecular flexibility index (Phi) is 3.94. The lowest BCUT2D eigenvalue weighted by Gasteiger charge is -2.10. The van der Waals surface area contributed by atoms with Crippen molar-refractivity contribution >= 4 is 34.6 Å². The summed E-state index contributed by atoms with van der Waals surface area (Å²) in [6, 6.07) is 13.2. The van der Waals surface area contributed by atoms with E-state index in [1.54, 1.807) is 19.3 Å². The van der Waals surface area contributed by atoms with Crippen molar-refractivity contribution in [3.05, 3.63) is 60.6 Å². The van der Waals surface area contributed by atoms with E-state index in [9.17, 15) is 4.79 Å². The van der Waals surface area contributed by atoms with Crippen LogP contribution in [-0.4, -0.2) is 37.8 Å². The molecule has 0 bridgehead atoms. The average Bonchev–Trinajstić information content (AvgIpc) is 3.32. The quantitative estimate of drug-likeness (QED) is 0.441. The van der Waals surface area contributed by atoms with Gasteiger partial charge in [0.1, 0.15) is 11.6 Å². The van der Waals surface area contributed by atoms with Crippen molar-refractivity contribution in [3.63, 3.8) is 0 Å². The number of nitrogens with zero attached hydrogens (tertiary/aromatic N) is 4. The van der Waals surface area contributed by atoms with Crippen molar-refractivity contribution < 1.29 is 4.79 Å². The Morgan fingerprint density at radius 2 is 2.04 bits per heavy atom. The minimum atomic E-state index is -0.340. The molecule has 0 atom stereocenters. The SMILES string of the molecule is CNc1cc(Nc2ccccc2)c2ncc(C(=O)Nc3ccn[nH]3)n2n1. The second-order valence-electron chi connectivity index (χ2n) is 5.49. The summed E-state index contributed by atoms with van der Waals surface area (Å²) < 4.78 is 1.50. The molecule has 4 rings (SSSR count). The van der Waals surface area contributed by atoms with E-state index in [1.165, 1.54) is 10.7 Å². The summed E-state index contributed by atoms with van der Waals surface area (Å²) in [5.41, 5.74) is 2.50. The summed E-state index contributed by atoms with van der Waals surface area (Å²) in [7, 11) is 1.77. The average molecular weight is 348 g/mol. The number of nitrogens with one attached hydrogen (secondary N) is 4. The molecule has 0 aliphatic heterocycles. The predicted octanol–water partition coefficient (Wildman–Crippen LogP) is 2.49. The first-order valence-corrected chi connectivity index (χ1v) is 7.94. The Balaban J connectivity index is 1.74. The first-order valence-electron chi connectivity index (χ1n) is 7.94. The molecule has 9 heteroatoms. The van der Waals surface area contributed by atoms with Gasteiger partial charge >= 0.3 is 0 Å². The molecule has 0 radical (unpaired) electrons. The zero-order chi connectivity index (χ0) is 17.9. The maximum atomic E-state index is 12.6. The number of fused-ring (bicyclic) bond motifs is 1. The number of rotatable bonds is 5. The number of para-hydroxylation sites is 1. The van der Waals surface area contributed by atoms with Gasteiger partial charge in [0.15, 0.2) is 11.3 Å². The van der Waals surface area contributed by atoms with E-state index in [1.807, 2.05) is 36.4 Å². The third kappa shape index (κ3) is 2.93. The van der Waals surface area contributed by atoms with Crippen LogP contribution in [0, 0.1) is 0 Å². The molecule has 0 aliphatic rings. The Labute approximate surface area is 148 Å². The normalized spacial score (nSPS) is 10.7. The number of anilines is 4. The lowest BCUT2D eigenvalue weighted by atomic mass is 10.3. The second kappa shape index (κ2) is 6.55. The Bertz CT molecular complexity index is 1040. The van der Waals surface area contributed by atoms with Crippen LogP contribution in [0.3, 0.4) is 0 Å². The molecule has 26 heavy (non-hydrogen) atoms. The van der Waals surface area contributed by atoms with E-state index in [0.29, 0.717) is 23.0 Å². The van der Waals surface area contributed by atoms with Crippen LogP contribution in [0.1, 0.15) is 10.5 Å². The van der Waals surface area contributed by atoms with Gasteiger partial charge in [-0.1, -0.05) is 18.2 Å². The number of imidazole rings is 1. The van der Waals surface area contributed by atoms with Crippen molar-refractivity contribution in [2.75, 3.05) is 23.0 Å². The number of carbonyl (C=O) groups excluding carboxylic acids is 1. The summed E-state index contributed by atoms with van der Waals surface area (Å²) in [5.74, 6) is 0.759. The van der Waals surface area contributed by atoms with Gasteiger partial charge in [-0.15, -0.1) is 5.10 Å². The number of amides is 1. The van der Waals surface area contributed by atoms with Crippen LogP contribution in [0.5, 0.6) is 0 Å². The molecule has 0 fully saturated rings. The minimum Gasteiger partial charge on any atom is -0.372 e. The number of aromatic nitrogens is 5. The summed E-state index contributed by atoms with van der Waals surface area (Å²) >= 11 is 0. The Morgan fingerprint density at radius 3 is 2.77 bits per heavy atom. The number of hydrogen-bond acceptors (Lipinski definition) is 6. The summed E-state index contributed by atoms with van der Waals surface area (Å²) in [5, 5.41) is 20.0. The topological polar surface area (TPSA) is 112 Å². The van der Waals surface area contributed by atoms with Crippen LogP contribution in [0.2, 0.25) is 0 Å². The standard InChI is InChI=1S/C17H16N8O/c1-18-15-9-12(21-11-5-3-2-4-6-11)16-19-10-13(25(16)24-15)17(26)22-14-7-8-20-23-14/h2-10,21H,1H3,(H,18,24)(H2,20,22,23,26). The highest BCUT2D eigenvalue weighted by Crippen LogP contribution is 2.24. The lowest BCUT2D eigenvalue weighted by molar-refractivity contribution is 0.102. The number of H-pyrrole nitrogens is 1. The second-order valence-corrected chi connectivity index (χ2v) is 5.49.